The highest BCUT2D eigenvalue weighted by Crippen LogP contribution is 2.14. The van der Waals surface area contributed by atoms with Crippen molar-refractivity contribution in [1.29, 1.82) is 0 Å². The third-order valence-electron chi connectivity index (χ3n) is 1.56. The number of hydrogen-bond donors (Lipinski definition) is 0. The second-order valence-corrected chi connectivity index (χ2v) is 2.98. The molecule has 13 heavy (non-hydrogen) atoms. The van der Waals surface area contributed by atoms with Crippen LogP contribution in [0.25, 0.3) is 0 Å². The van der Waals surface area contributed by atoms with Crippen molar-refractivity contribution in [2.45, 2.75) is 5.88 Å². The highest BCUT2D eigenvalue weighted by Gasteiger charge is 2.05. The third kappa shape index (κ3) is 2.61. The van der Waals surface area contributed by atoms with Crippen LogP contribution in [0, 0.1) is 0 Å². The largest absolute Gasteiger partial charge is 0.398 e. The van der Waals surface area contributed by atoms with E-state index in [1.807, 2.05) is 24.3 Å². The van der Waals surface area contributed by atoms with Crippen LogP contribution in [0.5, 0.6) is 0 Å². The molecule has 0 saturated carbocycles. The fourth-order valence-electron chi connectivity index (χ4n) is 0.967. The summed E-state index contributed by atoms with van der Waals surface area (Å²) >= 11 is 11.6. The minimum Gasteiger partial charge on any atom is -0.398 e. The Balaban J connectivity index is 3.05. The van der Waals surface area contributed by atoms with E-state index >= 15 is 0 Å². The summed E-state index contributed by atoms with van der Waals surface area (Å²) in [6.45, 7) is 0. The fourth-order valence-corrected chi connectivity index (χ4v) is 1.45. The van der Waals surface area contributed by atoms with Gasteiger partial charge in [-0.1, -0.05) is 41.0 Å². The average molecular weight is 218 g/mol. The van der Waals surface area contributed by atoms with Gasteiger partial charge in [-0.2, -0.15) is 0 Å². The molecule has 0 radical (unpaired) electrons. The maximum Gasteiger partial charge on any atom is 0.175 e. The number of benzene rings is 1. The Hall–Kier alpha value is -0.730. The van der Waals surface area contributed by atoms with Gasteiger partial charge in [0.2, 0.25) is 0 Å². The molecule has 70 valence electrons. The Morgan fingerprint density at radius 3 is 2.77 bits per heavy atom. The maximum atomic E-state index is 5.86. The van der Waals surface area contributed by atoms with E-state index in [9.17, 15) is 0 Å². The van der Waals surface area contributed by atoms with Gasteiger partial charge in [0.25, 0.3) is 0 Å². The Labute approximate surface area is 87.1 Å². The van der Waals surface area contributed by atoms with Crippen molar-refractivity contribution >= 4 is 28.4 Å². The Morgan fingerprint density at radius 1 is 1.46 bits per heavy atom. The smallest absolute Gasteiger partial charge is 0.175 e. The Bertz CT molecular complexity index is 312. The van der Waals surface area contributed by atoms with Crippen molar-refractivity contribution < 1.29 is 4.84 Å². The summed E-state index contributed by atoms with van der Waals surface area (Å²) in [5, 5.41) is 3.95. The van der Waals surface area contributed by atoms with Crippen LogP contribution < -0.4 is 0 Å². The molecule has 0 aromatic heterocycles. The lowest BCUT2D eigenvalue weighted by Gasteiger charge is -2.03. The van der Waals surface area contributed by atoms with E-state index in [-0.39, 0.29) is 0 Å². The standard InChI is InChI=1S/C9H9Cl2NO/c1-13-12-9(11)8-5-3-2-4-7(8)6-10/h2-5H,6H2,1H3/b12-9+. The SMILES string of the molecule is CO/N=C(/Cl)c1ccccc1CCl. The van der Waals surface area contributed by atoms with Gasteiger partial charge >= 0.3 is 0 Å². The molecule has 0 spiro atoms. The Kier molecular flexibility index (Phi) is 4.06. The predicted molar refractivity (Wildman–Crippen MR) is 55.4 cm³/mol. The van der Waals surface area contributed by atoms with Gasteiger partial charge in [-0.25, -0.2) is 0 Å². The fraction of sp³-hybridized carbons (Fsp3) is 0.222. The highest BCUT2D eigenvalue weighted by atomic mass is 35.5. The van der Waals surface area contributed by atoms with E-state index in [0.717, 1.165) is 11.1 Å². The highest BCUT2D eigenvalue weighted by molar-refractivity contribution is 6.69. The molecular weight excluding hydrogens is 209 g/mol. The lowest BCUT2D eigenvalue weighted by atomic mass is 10.1. The van der Waals surface area contributed by atoms with Crippen molar-refractivity contribution in [3.63, 3.8) is 0 Å². The van der Waals surface area contributed by atoms with E-state index in [0.29, 0.717) is 11.1 Å². The summed E-state index contributed by atoms with van der Waals surface area (Å²) in [6.07, 6.45) is 0. The average Bonchev–Trinajstić information content (AvgIpc) is 2.18. The number of alkyl halides is 1. The molecule has 2 nitrogen and oxygen atoms in total. The molecule has 1 aromatic carbocycles. The third-order valence-corrected chi connectivity index (χ3v) is 2.12. The van der Waals surface area contributed by atoms with Crippen molar-refractivity contribution in [1.82, 2.24) is 0 Å². The van der Waals surface area contributed by atoms with Gasteiger partial charge in [0.05, 0.1) is 0 Å². The van der Waals surface area contributed by atoms with Gasteiger partial charge in [0, 0.05) is 11.4 Å². The van der Waals surface area contributed by atoms with Crippen LogP contribution in [0.3, 0.4) is 0 Å². The summed E-state index contributed by atoms with van der Waals surface area (Å²) in [6, 6.07) is 7.52. The summed E-state index contributed by atoms with van der Waals surface area (Å²) < 4.78 is 0. The minimum absolute atomic E-state index is 0.318. The van der Waals surface area contributed by atoms with Crippen molar-refractivity contribution in [3.8, 4) is 0 Å². The van der Waals surface area contributed by atoms with Crippen LogP contribution >= 0.6 is 23.2 Å². The molecule has 0 unspecified atom stereocenters. The molecule has 0 amide bonds. The maximum absolute atomic E-state index is 5.86. The van der Waals surface area contributed by atoms with Crippen LogP contribution in [0.4, 0.5) is 0 Å². The van der Waals surface area contributed by atoms with Gasteiger partial charge < -0.3 is 4.84 Å². The Morgan fingerprint density at radius 2 is 2.15 bits per heavy atom. The molecule has 0 atom stereocenters. The summed E-state index contributed by atoms with van der Waals surface area (Å²) in [5.41, 5.74) is 1.75. The zero-order chi connectivity index (χ0) is 9.68. The van der Waals surface area contributed by atoms with Gasteiger partial charge in [0.1, 0.15) is 7.11 Å². The van der Waals surface area contributed by atoms with Crippen molar-refractivity contribution in [3.05, 3.63) is 35.4 Å². The van der Waals surface area contributed by atoms with Gasteiger partial charge in [-0.15, -0.1) is 11.6 Å². The van der Waals surface area contributed by atoms with Gasteiger partial charge in [-0.05, 0) is 5.56 Å². The molecule has 0 aliphatic carbocycles. The second kappa shape index (κ2) is 5.10. The van der Waals surface area contributed by atoms with Crippen LogP contribution in [-0.2, 0) is 10.7 Å². The van der Waals surface area contributed by atoms with Crippen LogP contribution in [-0.4, -0.2) is 12.3 Å². The molecule has 0 saturated heterocycles. The topological polar surface area (TPSA) is 21.6 Å². The first-order valence-corrected chi connectivity index (χ1v) is 4.61. The van der Waals surface area contributed by atoms with Gasteiger partial charge in [0.15, 0.2) is 5.17 Å². The first-order valence-electron chi connectivity index (χ1n) is 3.70. The van der Waals surface area contributed by atoms with Crippen molar-refractivity contribution in [2.24, 2.45) is 5.16 Å². The molecule has 1 aromatic rings. The summed E-state index contributed by atoms with van der Waals surface area (Å²) in [7, 11) is 1.45. The lowest BCUT2D eigenvalue weighted by molar-refractivity contribution is 0.214. The predicted octanol–water partition coefficient (Wildman–Crippen LogP) is 2.97. The van der Waals surface area contributed by atoms with Crippen LogP contribution in [0.1, 0.15) is 11.1 Å². The lowest BCUT2D eigenvalue weighted by Crippen LogP contribution is -1.96. The molecular formula is C9H9Cl2NO. The first kappa shape index (κ1) is 10.4. The second-order valence-electron chi connectivity index (χ2n) is 2.36. The number of nitrogens with zero attached hydrogens (tertiary/aromatic N) is 1. The normalized spacial score (nSPS) is 11.5. The molecule has 4 heteroatoms. The molecule has 0 aliphatic heterocycles. The molecule has 0 bridgehead atoms. The van der Waals surface area contributed by atoms with E-state index in [4.69, 9.17) is 23.2 Å². The monoisotopic (exact) mass is 217 g/mol. The number of halogens is 2. The molecule has 1 rings (SSSR count). The quantitative estimate of drug-likeness (QED) is 0.434. The van der Waals surface area contributed by atoms with Crippen LogP contribution in [0.2, 0.25) is 0 Å². The molecule has 0 N–H and O–H groups in total. The first-order chi connectivity index (χ1) is 6.29. The van der Waals surface area contributed by atoms with Crippen molar-refractivity contribution in [2.75, 3.05) is 7.11 Å². The van der Waals surface area contributed by atoms with E-state index in [1.165, 1.54) is 7.11 Å². The number of oxime groups is 1. The molecule has 0 heterocycles. The molecule has 0 fully saturated rings. The van der Waals surface area contributed by atoms with E-state index < -0.39 is 0 Å². The minimum atomic E-state index is 0.318. The van der Waals surface area contributed by atoms with Gasteiger partial charge in [-0.3, -0.25) is 0 Å². The van der Waals surface area contributed by atoms with E-state index in [1.54, 1.807) is 0 Å². The summed E-state index contributed by atoms with van der Waals surface area (Å²) in [5.74, 6) is 0.408. The van der Waals surface area contributed by atoms with Crippen LogP contribution in [0.15, 0.2) is 29.4 Å². The summed E-state index contributed by atoms with van der Waals surface area (Å²) in [4.78, 5) is 4.57. The number of hydrogen-bond acceptors (Lipinski definition) is 2. The zero-order valence-electron chi connectivity index (χ0n) is 7.13. The molecule has 0 aliphatic rings. The zero-order valence-corrected chi connectivity index (χ0v) is 8.64. The van der Waals surface area contributed by atoms with E-state index in [2.05, 4.69) is 9.99 Å². The number of rotatable bonds is 3.